The van der Waals surface area contributed by atoms with Crippen LogP contribution in [0.5, 0.6) is 0 Å². The Morgan fingerprint density at radius 1 is 0.900 bits per heavy atom. The quantitative estimate of drug-likeness (QED) is 0.373. The summed E-state index contributed by atoms with van der Waals surface area (Å²) >= 11 is 19.9. The summed E-state index contributed by atoms with van der Waals surface area (Å²) in [5.74, 6) is -0.590. The predicted octanol–water partition coefficient (Wildman–Crippen LogP) is 7.46. The summed E-state index contributed by atoms with van der Waals surface area (Å²) in [5, 5.41) is 6.46. The van der Waals surface area contributed by atoms with Gasteiger partial charge in [-0.3, -0.25) is 10.1 Å². The monoisotopic (exact) mass is 478 g/mol. The first kappa shape index (κ1) is 22.5. The van der Waals surface area contributed by atoms with Gasteiger partial charge < -0.3 is 5.32 Å². The molecule has 0 saturated heterocycles. The van der Waals surface area contributed by atoms with Crippen molar-refractivity contribution in [3.05, 3.63) is 92.9 Å². The number of urea groups is 1. The number of thioether (sulfide) groups is 1. The highest BCUT2D eigenvalue weighted by Crippen LogP contribution is 2.39. The van der Waals surface area contributed by atoms with Crippen LogP contribution in [-0.4, -0.2) is 11.9 Å². The van der Waals surface area contributed by atoms with Crippen molar-refractivity contribution in [2.24, 2.45) is 0 Å². The van der Waals surface area contributed by atoms with Gasteiger partial charge in [-0.05, 0) is 55.0 Å². The normalized spacial score (nSPS) is 11.6. The van der Waals surface area contributed by atoms with Crippen LogP contribution in [0.3, 0.4) is 0 Å². The zero-order chi connectivity index (χ0) is 21.7. The Bertz CT molecular complexity index is 1070. The zero-order valence-corrected chi connectivity index (χ0v) is 18.9. The molecule has 0 aliphatic heterocycles. The molecule has 3 amide bonds. The molecular weight excluding hydrogens is 463 g/mol. The van der Waals surface area contributed by atoms with Crippen molar-refractivity contribution in [3.8, 4) is 0 Å². The van der Waals surface area contributed by atoms with E-state index < -0.39 is 11.9 Å². The van der Waals surface area contributed by atoms with Crippen molar-refractivity contribution in [2.45, 2.75) is 17.1 Å². The molecule has 0 aliphatic carbocycles. The number of rotatable bonds is 5. The molecule has 3 aromatic carbocycles. The molecule has 0 heterocycles. The van der Waals surface area contributed by atoms with Crippen LogP contribution in [-0.2, 0) is 0 Å². The van der Waals surface area contributed by atoms with Crippen molar-refractivity contribution >= 4 is 64.2 Å². The molecule has 0 aromatic heterocycles. The number of halogens is 3. The molecule has 3 aromatic rings. The maximum Gasteiger partial charge on any atom is 0.326 e. The molecule has 0 saturated carbocycles. The summed E-state index contributed by atoms with van der Waals surface area (Å²) in [6, 6.07) is 18.7. The molecule has 154 valence electrons. The van der Waals surface area contributed by atoms with Gasteiger partial charge >= 0.3 is 6.03 Å². The van der Waals surface area contributed by atoms with Crippen molar-refractivity contribution in [1.82, 2.24) is 5.32 Å². The third-order valence-electron chi connectivity index (χ3n) is 4.18. The fourth-order valence-corrected chi connectivity index (χ4v) is 4.30. The maximum absolute atomic E-state index is 12.2. The largest absolute Gasteiger partial charge is 0.326 e. The lowest BCUT2D eigenvalue weighted by Crippen LogP contribution is -2.34. The van der Waals surface area contributed by atoms with Gasteiger partial charge in [0.25, 0.3) is 5.91 Å². The van der Waals surface area contributed by atoms with Crippen molar-refractivity contribution < 1.29 is 9.59 Å². The van der Waals surface area contributed by atoms with Crippen molar-refractivity contribution in [3.63, 3.8) is 0 Å². The number of carbonyl (C=O) groups is 2. The van der Waals surface area contributed by atoms with E-state index in [2.05, 4.69) is 17.6 Å². The minimum absolute atomic E-state index is 0.162. The summed E-state index contributed by atoms with van der Waals surface area (Å²) in [7, 11) is 0. The number of hydrogen-bond acceptors (Lipinski definition) is 3. The molecule has 0 bridgehead atoms. The molecule has 1 unspecified atom stereocenters. The average molecular weight is 480 g/mol. The van der Waals surface area contributed by atoms with Crippen LogP contribution < -0.4 is 10.6 Å². The van der Waals surface area contributed by atoms with Gasteiger partial charge in [0.05, 0.1) is 15.6 Å². The summed E-state index contributed by atoms with van der Waals surface area (Å²) in [4.78, 5) is 25.2. The molecule has 0 radical (unpaired) electrons. The predicted molar refractivity (Wildman–Crippen MR) is 125 cm³/mol. The smallest absolute Gasteiger partial charge is 0.308 e. The third kappa shape index (κ3) is 5.92. The van der Waals surface area contributed by atoms with E-state index in [9.17, 15) is 9.59 Å². The van der Waals surface area contributed by atoms with Gasteiger partial charge in [0, 0.05) is 20.9 Å². The van der Waals surface area contributed by atoms with Gasteiger partial charge in [0.2, 0.25) is 0 Å². The van der Waals surface area contributed by atoms with E-state index in [4.69, 9.17) is 34.8 Å². The van der Waals surface area contributed by atoms with E-state index in [1.807, 2.05) is 30.3 Å². The van der Waals surface area contributed by atoms with Crippen LogP contribution >= 0.6 is 46.6 Å². The second-order valence-electron chi connectivity index (χ2n) is 6.34. The number of benzene rings is 3. The number of hydrogen-bond donors (Lipinski definition) is 2. The lowest BCUT2D eigenvalue weighted by Gasteiger charge is -2.14. The lowest BCUT2D eigenvalue weighted by molar-refractivity contribution is 0.0967. The Morgan fingerprint density at radius 3 is 2.27 bits per heavy atom. The topological polar surface area (TPSA) is 58.2 Å². The highest BCUT2D eigenvalue weighted by atomic mass is 35.5. The molecule has 0 fully saturated rings. The number of amides is 3. The van der Waals surface area contributed by atoms with Gasteiger partial charge in [0.1, 0.15) is 0 Å². The second kappa shape index (κ2) is 10.2. The van der Waals surface area contributed by atoms with Crippen LogP contribution in [0.2, 0.25) is 15.1 Å². The average Bonchev–Trinajstić information content (AvgIpc) is 2.70. The number of nitrogens with one attached hydrogen (secondary N) is 2. The Kier molecular flexibility index (Phi) is 7.67. The van der Waals surface area contributed by atoms with Gasteiger partial charge in [-0.1, -0.05) is 59.1 Å². The van der Waals surface area contributed by atoms with E-state index in [1.54, 1.807) is 42.1 Å². The molecule has 30 heavy (non-hydrogen) atoms. The van der Waals surface area contributed by atoms with Crippen LogP contribution in [0, 0.1) is 0 Å². The molecule has 0 spiro atoms. The Hall–Kier alpha value is -2.18. The first-order chi connectivity index (χ1) is 14.3. The Morgan fingerprint density at radius 2 is 1.60 bits per heavy atom. The second-order valence-corrected chi connectivity index (χ2v) is 8.98. The first-order valence-electron chi connectivity index (χ1n) is 8.92. The maximum atomic E-state index is 12.2. The van der Waals surface area contributed by atoms with Gasteiger partial charge in [-0.25, -0.2) is 4.79 Å². The SMILES string of the molecule is CC(Sc1ccc(NC(=O)NC(=O)c2ccccc2Cl)cc1Cl)c1ccc(Cl)cc1. The first-order valence-corrected chi connectivity index (χ1v) is 10.9. The summed E-state index contributed by atoms with van der Waals surface area (Å²) in [5.41, 5.74) is 1.81. The standard InChI is InChI=1S/C22H17Cl3N2O2S/c1-13(14-6-8-15(23)9-7-14)30-20-11-10-16(12-19(20)25)26-22(29)27-21(28)17-4-2-3-5-18(17)24/h2-13H,1H3,(H2,26,27,28,29). The number of carbonyl (C=O) groups excluding carboxylic acids is 2. The number of imide groups is 1. The number of anilines is 1. The minimum atomic E-state index is -0.675. The van der Waals surface area contributed by atoms with Crippen LogP contribution in [0.1, 0.15) is 28.1 Å². The molecule has 8 heteroatoms. The molecule has 3 rings (SSSR count). The summed E-state index contributed by atoms with van der Waals surface area (Å²) in [6.45, 7) is 2.07. The van der Waals surface area contributed by atoms with Crippen LogP contribution in [0.25, 0.3) is 0 Å². The fraction of sp³-hybridized carbons (Fsp3) is 0.0909. The van der Waals surface area contributed by atoms with E-state index in [-0.39, 0.29) is 15.8 Å². The van der Waals surface area contributed by atoms with Gasteiger partial charge in [0.15, 0.2) is 0 Å². The van der Waals surface area contributed by atoms with E-state index in [0.29, 0.717) is 15.7 Å². The van der Waals surface area contributed by atoms with Gasteiger partial charge in [-0.2, -0.15) is 0 Å². The third-order valence-corrected chi connectivity index (χ3v) is 6.42. The zero-order valence-electron chi connectivity index (χ0n) is 15.8. The van der Waals surface area contributed by atoms with Gasteiger partial charge in [-0.15, -0.1) is 11.8 Å². The van der Waals surface area contributed by atoms with E-state index in [0.717, 1.165) is 10.5 Å². The van der Waals surface area contributed by atoms with Crippen LogP contribution in [0.4, 0.5) is 10.5 Å². The molecule has 4 nitrogen and oxygen atoms in total. The summed E-state index contributed by atoms with van der Waals surface area (Å²) < 4.78 is 0. The molecule has 2 N–H and O–H groups in total. The fourth-order valence-electron chi connectivity index (χ4n) is 2.64. The molecule has 0 aliphatic rings. The van der Waals surface area contributed by atoms with E-state index >= 15 is 0 Å². The molecule has 1 atom stereocenters. The highest BCUT2D eigenvalue weighted by Gasteiger charge is 2.15. The lowest BCUT2D eigenvalue weighted by atomic mass is 10.2. The van der Waals surface area contributed by atoms with E-state index in [1.165, 1.54) is 6.07 Å². The summed E-state index contributed by atoms with van der Waals surface area (Å²) in [6.07, 6.45) is 0. The van der Waals surface area contributed by atoms with Crippen LogP contribution in [0.15, 0.2) is 71.6 Å². The minimum Gasteiger partial charge on any atom is -0.308 e. The van der Waals surface area contributed by atoms with Crippen molar-refractivity contribution in [2.75, 3.05) is 5.32 Å². The Balaban J connectivity index is 1.62. The Labute approximate surface area is 193 Å². The highest BCUT2D eigenvalue weighted by molar-refractivity contribution is 7.99. The molecular formula is C22H17Cl3N2O2S. The van der Waals surface area contributed by atoms with Crippen molar-refractivity contribution in [1.29, 1.82) is 0 Å².